The molecule has 0 saturated heterocycles. The lowest BCUT2D eigenvalue weighted by molar-refractivity contribution is 1.27. The molecule has 5 heteroatoms. The summed E-state index contributed by atoms with van der Waals surface area (Å²) >= 11 is 8.95. The Morgan fingerprint density at radius 3 is 2.64 bits per heavy atom. The van der Waals surface area contributed by atoms with E-state index in [0.717, 1.165) is 9.79 Å². The molecule has 0 unspecified atom stereocenters. The first kappa shape index (κ1) is 7.61. The van der Waals surface area contributed by atoms with Crippen molar-refractivity contribution in [2.75, 3.05) is 5.73 Å². The predicted molar refractivity (Wildman–Crippen MR) is 50.7 cm³/mol. The van der Waals surface area contributed by atoms with E-state index >= 15 is 0 Å². The molecule has 3 N–H and O–H groups in total. The van der Waals surface area contributed by atoms with Gasteiger partial charge in [0.1, 0.15) is 0 Å². The Labute approximate surface area is 78.1 Å². The van der Waals surface area contributed by atoms with Crippen LogP contribution < -0.4 is 9.86 Å². The Kier molecular flexibility index (Phi) is 1.93. The number of anilines is 1. The Balaban J connectivity index is 2.57. The van der Waals surface area contributed by atoms with Crippen LogP contribution in [0.5, 0.6) is 0 Å². The van der Waals surface area contributed by atoms with Gasteiger partial charge in [-0.05, 0) is 36.0 Å². The van der Waals surface area contributed by atoms with Crippen LogP contribution in [0.4, 0.5) is 5.69 Å². The maximum absolute atomic E-state index is 5.82. The smallest absolute Gasteiger partial charge is 0.0647 e. The summed E-state index contributed by atoms with van der Waals surface area (Å²) in [5, 5.41) is 0.626. The van der Waals surface area contributed by atoms with E-state index in [1.165, 1.54) is 0 Å². The largest absolute Gasteiger partial charge is 0.397 e. The van der Waals surface area contributed by atoms with E-state index in [-0.39, 0.29) is 0 Å². The highest BCUT2D eigenvalue weighted by Gasteiger charge is 2.13. The quantitative estimate of drug-likeness (QED) is 0.503. The highest BCUT2D eigenvalue weighted by molar-refractivity contribution is 8.15. The standard InChI is InChI=1S/C6H5ClN2S2/c7-3-1-5-6(2-4(3)8)11-9-10-5/h1-2,9H,8H2. The number of nitrogens with one attached hydrogen (secondary N) is 1. The van der Waals surface area contributed by atoms with E-state index in [1.807, 2.05) is 12.1 Å². The Morgan fingerprint density at radius 2 is 1.91 bits per heavy atom. The van der Waals surface area contributed by atoms with Crippen LogP contribution in [-0.4, -0.2) is 0 Å². The summed E-state index contributed by atoms with van der Waals surface area (Å²) in [7, 11) is 0. The fourth-order valence-corrected chi connectivity index (χ4v) is 2.87. The van der Waals surface area contributed by atoms with Crippen molar-refractivity contribution in [3.05, 3.63) is 17.2 Å². The Hall–Kier alpha value is -0.0300. The second kappa shape index (κ2) is 2.79. The van der Waals surface area contributed by atoms with Crippen LogP contribution in [0.1, 0.15) is 0 Å². The summed E-state index contributed by atoms with van der Waals surface area (Å²) in [6.07, 6.45) is 0. The van der Waals surface area contributed by atoms with E-state index in [0.29, 0.717) is 10.7 Å². The van der Waals surface area contributed by atoms with E-state index < -0.39 is 0 Å². The van der Waals surface area contributed by atoms with Gasteiger partial charge in [0.2, 0.25) is 0 Å². The molecule has 1 aromatic carbocycles. The second-order valence-corrected chi connectivity index (χ2v) is 4.47. The third-order valence-corrected chi connectivity index (χ3v) is 3.60. The van der Waals surface area contributed by atoms with Crippen LogP contribution in [0, 0.1) is 0 Å². The highest BCUT2D eigenvalue weighted by Crippen LogP contribution is 2.40. The number of hydrogen-bond donors (Lipinski definition) is 2. The monoisotopic (exact) mass is 204 g/mol. The molecular weight excluding hydrogens is 200 g/mol. The molecule has 0 amide bonds. The minimum atomic E-state index is 0.626. The molecule has 0 spiro atoms. The summed E-state index contributed by atoms with van der Waals surface area (Å²) in [5.74, 6) is 0. The summed E-state index contributed by atoms with van der Waals surface area (Å²) in [6, 6.07) is 3.76. The van der Waals surface area contributed by atoms with Gasteiger partial charge < -0.3 is 5.73 Å². The molecule has 1 aromatic rings. The van der Waals surface area contributed by atoms with Gasteiger partial charge in [-0.15, -0.1) is 0 Å². The molecule has 0 saturated carbocycles. The van der Waals surface area contributed by atoms with Gasteiger partial charge >= 0.3 is 0 Å². The lowest BCUT2D eigenvalue weighted by Gasteiger charge is -1.99. The first-order valence-electron chi connectivity index (χ1n) is 2.95. The topological polar surface area (TPSA) is 38.0 Å². The van der Waals surface area contributed by atoms with Gasteiger partial charge in [0.15, 0.2) is 0 Å². The molecule has 0 atom stereocenters. The van der Waals surface area contributed by atoms with Crippen molar-refractivity contribution >= 4 is 41.2 Å². The van der Waals surface area contributed by atoms with Gasteiger partial charge in [-0.3, -0.25) is 0 Å². The number of hydrogen-bond acceptors (Lipinski definition) is 4. The molecule has 1 aliphatic rings. The van der Waals surface area contributed by atoms with Crippen molar-refractivity contribution < 1.29 is 0 Å². The first-order valence-corrected chi connectivity index (χ1v) is 4.96. The lowest BCUT2D eigenvalue weighted by Crippen LogP contribution is -1.86. The number of halogens is 1. The molecule has 1 heterocycles. The average molecular weight is 205 g/mol. The van der Waals surface area contributed by atoms with Crippen molar-refractivity contribution in [1.29, 1.82) is 0 Å². The van der Waals surface area contributed by atoms with Crippen molar-refractivity contribution in [3.8, 4) is 0 Å². The molecule has 2 rings (SSSR count). The van der Waals surface area contributed by atoms with Crippen LogP contribution in [0.15, 0.2) is 21.9 Å². The Morgan fingerprint density at radius 1 is 1.27 bits per heavy atom. The van der Waals surface area contributed by atoms with Crippen molar-refractivity contribution in [2.24, 2.45) is 0 Å². The minimum Gasteiger partial charge on any atom is -0.397 e. The molecule has 1 aliphatic heterocycles. The summed E-state index contributed by atoms with van der Waals surface area (Å²) in [4.78, 5) is 2.30. The zero-order valence-corrected chi connectivity index (χ0v) is 7.82. The van der Waals surface area contributed by atoms with Crippen LogP contribution in [-0.2, 0) is 0 Å². The molecule has 0 aliphatic carbocycles. The van der Waals surface area contributed by atoms with Gasteiger partial charge in [0.25, 0.3) is 0 Å². The van der Waals surface area contributed by atoms with E-state index in [1.54, 1.807) is 23.9 Å². The summed E-state index contributed by atoms with van der Waals surface area (Å²) in [6.45, 7) is 0. The summed E-state index contributed by atoms with van der Waals surface area (Å²) in [5.41, 5.74) is 6.25. The molecule has 0 fully saturated rings. The number of rotatable bonds is 0. The van der Waals surface area contributed by atoms with Crippen molar-refractivity contribution in [3.63, 3.8) is 0 Å². The van der Waals surface area contributed by atoms with Crippen molar-refractivity contribution in [2.45, 2.75) is 9.79 Å². The third-order valence-electron chi connectivity index (χ3n) is 1.37. The van der Waals surface area contributed by atoms with E-state index in [2.05, 4.69) is 4.13 Å². The van der Waals surface area contributed by atoms with E-state index in [4.69, 9.17) is 17.3 Å². The molecular formula is C6H5ClN2S2. The number of fused-ring (bicyclic) bond motifs is 1. The van der Waals surface area contributed by atoms with Crippen LogP contribution in [0.3, 0.4) is 0 Å². The number of benzene rings is 1. The molecule has 0 bridgehead atoms. The van der Waals surface area contributed by atoms with Crippen molar-refractivity contribution in [1.82, 2.24) is 4.13 Å². The van der Waals surface area contributed by atoms with Crippen LogP contribution >= 0.6 is 35.5 Å². The molecule has 0 radical (unpaired) electrons. The lowest BCUT2D eigenvalue weighted by atomic mass is 10.3. The fraction of sp³-hybridized carbons (Fsp3) is 0. The minimum absolute atomic E-state index is 0.626. The van der Waals surface area contributed by atoms with Gasteiger partial charge in [-0.25, -0.2) is 0 Å². The zero-order chi connectivity index (χ0) is 7.84. The Bertz CT molecular complexity index is 274. The van der Waals surface area contributed by atoms with Gasteiger partial charge in [-0.2, -0.15) is 4.13 Å². The van der Waals surface area contributed by atoms with Gasteiger partial charge in [0, 0.05) is 9.79 Å². The zero-order valence-electron chi connectivity index (χ0n) is 5.43. The van der Waals surface area contributed by atoms with Gasteiger partial charge in [-0.1, -0.05) is 11.6 Å². The van der Waals surface area contributed by atoms with Crippen LogP contribution in [0.2, 0.25) is 5.02 Å². The second-order valence-electron chi connectivity index (χ2n) is 2.11. The molecule has 11 heavy (non-hydrogen) atoms. The summed E-state index contributed by atoms with van der Waals surface area (Å²) < 4.78 is 3.06. The first-order chi connectivity index (χ1) is 5.27. The highest BCUT2D eigenvalue weighted by atomic mass is 35.5. The van der Waals surface area contributed by atoms with Crippen LogP contribution in [0.25, 0.3) is 0 Å². The molecule has 2 nitrogen and oxygen atoms in total. The third kappa shape index (κ3) is 1.31. The SMILES string of the molecule is Nc1cc2c(cc1Cl)SNS2. The molecule has 58 valence electrons. The predicted octanol–water partition coefficient (Wildman–Crippen LogP) is 2.54. The average Bonchev–Trinajstić information content (AvgIpc) is 2.36. The normalized spacial score (nSPS) is 15.0. The number of nitrogen functional groups attached to an aromatic ring is 1. The van der Waals surface area contributed by atoms with Gasteiger partial charge in [0.05, 0.1) is 10.7 Å². The molecule has 0 aromatic heterocycles. The maximum atomic E-state index is 5.82. The maximum Gasteiger partial charge on any atom is 0.0647 e. The van der Waals surface area contributed by atoms with E-state index in [9.17, 15) is 0 Å². The fourth-order valence-electron chi connectivity index (χ4n) is 0.821. The number of nitrogens with two attached hydrogens (primary N) is 1.